The zero-order chi connectivity index (χ0) is 15.2. The van der Waals surface area contributed by atoms with E-state index < -0.39 is 0 Å². The van der Waals surface area contributed by atoms with Crippen LogP contribution >= 0.6 is 0 Å². The highest BCUT2D eigenvalue weighted by atomic mass is 16.1. The van der Waals surface area contributed by atoms with Crippen molar-refractivity contribution in [3.8, 4) is 0 Å². The minimum atomic E-state index is 0.154. The molecule has 0 aromatic heterocycles. The fraction of sp³-hybridized carbons (Fsp3) is 0.316. The summed E-state index contributed by atoms with van der Waals surface area (Å²) < 4.78 is 0. The van der Waals surface area contributed by atoms with Gasteiger partial charge in [-0.3, -0.25) is 4.79 Å². The maximum absolute atomic E-state index is 12.3. The quantitative estimate of drug-likeness (QED) is 0.737. The summed E-state index contributed by atoms with van der Waals surface area (Å²) >= 11 is 0. The van der Waals surface area contributed by atoms with Gasteiger partial charge in [0.2, 0.25) is 0 Å². The summed E-state index contributed by atoms with van der Waals surface area (Å²) in [4.78, 5) is 14.3. The molecule has 0 amide bonds. The highest BCUT2D eigenvalue weighted by Gasteiger charge is 2.10. The average Bonchev–Trinajstić information content (AvgIpc) is 2.49. The highest BCUT2D eigenvalue weighted by molar-refractivity contribution is 5.99. The number of carbonyl (C=O) groups is 1. The maximum atomic E-state index is 12.3. The summed E-state index contributed by atoms with van der Waals surface area (Å²) in [7, 11) is 1.95. The molecule has 2 aromatic rings. The minimum Gasteiger partial charge on any atom is -0.367 e. The first kappa shape index (κ1) is 15.3. The van der Waals surface area contributed by atoms with Gasteiger partial charge in [-0.05, 0) is 31.0 Å². The second-order valence-corrected chi connectivity index (χ2v) is 5.56. The van der Waals surface area contributed by atoms with Gasteiger partial charge in [-0.2, -0.15) is 0 Å². The molecule has 0 heterocycles. The van der Waals surface area contributed by atoms with E-state index in [4.69, 9.17) is 0 Å². The lowest BCUT2D eigenvalue weighted by Crippen LogP contribution is -2.25. The van der Waals surface area contributed by atoms with Gasteiger partial charge in [-0.1, -0.05) is 55.3 Å². The van der Waals surface area contributed by atoms with E-state index >= 15 is 0 Å². The molecule has 0 aliphatic heterocycles. The molecule has 0 radical (unpaired) electrons. The summed E-state index contributed by atoms with van der Waals surface area (Å²) in [6, 6.07) is 16.2. The van der Waals surface area contributed by atoms with Crippen LogP contribution in [0.25, 0.3) is 0 Å². The first-order valence-corrected chi connectivity index (χ1v) is 7.50. The van der Waals surface area contributed by atoms with Crippen molar-refractivity contribution >= 4 is 11.5 Å². The highest BCUT2D eigenvalue weighted by Crippen LogP contribution is 2.14. The van der Waals surface area contributed by atoms with Crippen molar-refractivity contribution in [2.75, 3.05) is 18.5 Å². The van der Waals surface area contributed by atoms with Crippen LogP contribution in [0.15, 0.2) is 48.5 Å². The topological polar surface area (TPSA) is 20.3 Å². The van der Waals surface area contributed by atoms with Gasteiger partial charge in [0.15, 0.2) is 5.78 Å². The van der Waals surface area contributed by atoms with Gasteiger partial charge in [0.25, 0.3) is 0 Å². The number of hydrogen-bond donors (Lipinski definition) is 0. The summed E-state index contributed by atoms with van der Waals surface area (Å²) in [6.45, 7) is 4.62. The molecule has 2 rings (SSSR count). The van der Waals surface area contributed by atoms with Crippen LogP contribution in [0.5, 0.6) is 0 Å². The van der Waals surface area contributed by atoms with Crippen molar-refractivity contribution in [1.29, 1.82) is 0 Å². The molecule has 0 aliphatic rings. The standard InChI is InChI=1S/C19H23NO/c1-4-5-16-8-10-17(11-9-16)19(21)14-20(3)18-12-6-15(2)7-13-18/h6-13H,4-5,14H2,1-3H3. The Kier molecular flexibility index (Phi) is 5.15. The van der Waals surface area contributed by atoms with Crippen molar-refractivity contribution in [2.24, 2.45) is 0 Å². The summed E-state index contributed by atoms with van der Waals surface area (Å²) in [5.74, 6) is 0.154. The molecule has 0 unspecified atom stereocenters. The third-order valence-corrected chi connectivity index (χ3v) is 3.67. The third-order valence-electron chi connectivity index (χ3n) is 3.67. The van der Waals surface area contributed by atoms with Gasteiger partial charge < -0.3 is 4.90 Å². The number of ketones is 1. The Morgan fingerprint density at radius 1 is 1.00 bits per heavy atom. The van der Waals surface area contributed by atoms with Crippen molar-refractivity contribution in [3.63, 3.8) is 0 Å². The fourth-order valence-electron chi connectivity index (χ4n) is 2.34. The Labute approximate surface area is 127 Å². The van der Waals surface area contributed by atoms with Crippen LogP contribution in [0, 0.1) is 6.92 Å². The normalized spacial score (nSPS) is 10.4. The lowest BCUT2D eigenvalue weighted by atomic mass is 10.0. The molecule has 0 saturated heterocycles. The number of rotatable bonds is 6. The number of aryl methyl sites for hydroxylation is 2. The summed E-state index contributed by atoms with van der Waals surface area (Å²) in [5, 5.41) is 0. The number of nitrogens with zero attached hydrogens (tertiary/aromatic N) is 1. The summed E-state index contributed by atoms with van der Waals surface area (Å²) in [6.07, 6.45) is 2.20. The molecule has 0 aliphatic carbocycles. The molecule has 2 nitrogen and oxygen atoms in total. The van der Waals surface area contributed by atoms with E-state index in [2.05, 4.69) is 38.1 Å². The van der Waals surface area contributed by atoms with E-state index in [0.29, 0.717) is 6.54 Å². The molecule has 0 atom stereocenters. The number of benzene rings is 2. The predicted molar refractivity (Wildman–Crippen MR) is 89.2 cm³/mol. The second-order valence-electron chi connectivity index (χ2n) is 5.56. The molecule has 0 saturated carbocycles. The van der Waals surface area contributed by atoms with E-state index in [1.807, 2.05) is 36.2 Å². The Morgan fingerprint density at radius 2 is 1.62 bits per heavy atom. The molecule has 0 N–H and O–H groups in total. The van der Waals surface area contributed by atoms with Crippen molar-refractivity contribution in [3.05, 3.63) is 65.2 Å². The Morgan fingerprint density at radius 3 is 2.19 bits per heavy atom. The van der Waals surface area contributed by atoms with Gasteiger partial charge >= 0.3 is 0 Å². The molecule has 0 fully saturated rings. The smallest absolute Gasteiger partial charge is 0.182 e. The van der Waals surface area contributed by atoms with Crippen molar-refractivity contribution < 1.29 is 4.79 Å². The molecule has 0 spiro atoms. The fourth-order valence-corrected chi connectivity index (χ4v) is 2.34. The molecular formula is C19H23NO. The molecule has 2 heteroatoms. The Balaban J connectivity index is 2.01. The van der Waals surface area contributed by atoms with Gasteiger partial charge in [0, 0.05) is 18.3 Å². The third kappa shape index (κ3) is 4.19. The van der Waals surface area contributed by atoms with Crippen LogP contribution in [0.3, 0.4) is 0 Å². The first-order chi connectivity index (χ1) is 10.1. The van der Waals surface area contributed by atoms with E-state index in [0.717, 1.165) is 24.1 Å². The van der Waals surface area contributed by atoms with Crippen LogP contribution in [-0.2, 0) is 6.42 Å². The van der Waals surface area contributed by atoms with Crippen LogP contribution in [0.2, 0.25) is 0 Å². The lowest BCUT2D eigenvalue weighted by molar-refractivity contribution is 0.100. The van der Waals surface area contributed by atoms with E-state index in [1.165, 1.54) is 11.1 Å². The van der Waals surface area contributed by atoms with Gasteiger partial charge in [-0.25, -0.2) is 0 Å². The predicted octanol–water partition coefficient (Wildman–Crippen LogP) is 4.27. The maximum Gasteiger partial charge on any atom is 0.182 e. The van der Waals surface area contributed by atoms with Gasteiger partial charge in [0.05, 0.1) is 6.54 Å². The zero-order valence-corrected chi connectivity index (χ0v) is 13.1. The second kappa shape index (κ2) is 7.07. The Hall–Kier alpha value is -2.09. The molecular weight excluding hydrogens is 258 g/mol. The van der Waals surface area contributed by atoms with Gasteiger partial charge in [0.1, 0.15) is 0 Å². The molecule has 2 aromatic carbocycles. The number of anilines is 1. The average molecular weight is 281 g/mol. The van der Waals surface area contributed by atoms with Crippen molar-refractivity contribution in [2.45, 2.75) is 26.7 Å². The van der Waals surface area contributed by atoms with Gasteiger partial charge in [-0.15, -0.1) is 0 Å². The number of carbonyl (C=O) groups excluding carboxylic acids is 1. The number of likely N-dealkylation sites (N-methyl/N-ethyl adjacent to an activating group) is 1. The van der Waals surface area contributed by atoms with E-state index in [1.54, 1.807) is 0 Å². The number of hydrogen-bond acceptors (Lipinski definition) is 2. The van der Waals surface area contributed by atoms with Crippen LogP contribution in [-0.4, -0.2) is 19.4 Å². The largest absolute Gasteiger partial charge is 0.367 e. The SMILES string of the molecule is CCCc1ccc(C(=O)CN(C)c2ccc(C)cc2)cc1. The molecule has 0 bridgehead atoms. The monoisotopic (exact) mass is 281 g/mol. The minimum absolute atomic E-state index is 0.154. The molecule has 21 heavy (non-hydrogen) atoms. The van der Waals surface area contributed by atoms with Crippen molar-refractivity contribution in [1.82, 2.24) is 0 Å². The number of Topliss-reactive ketones (excluding diaryl/α,β-unsaturated/α-hetero) is 1. The lowest BCUT2D eigenvalue weighted by Gasteiger charge is -2.18. The Bertz CT molecular complexity index is 584. The zero-order valence-electron chi connectivity index (χ0n) is 13.1. The summed E-state index contributed by atoms with van der Waals surface area (Å²) in [5.41, 5.74) is 4.37. The first-order valence-electron chi connectivity index (χ1n) is 7.50. The van der Waals surface area contributed by atoms with Crippen LogP contribution in [0.1, 0.15) is 34.8 Å². The molecule has 110 valence electrons. The van der Waals surface area contributed by atoms with Crippen LogP contribution < -0.4 is 4.90 Å². The van der Waals surface area contributed by atoms with E-state index in [9.17, 15) is 4.79 Å². The van der Waals surface area contributed by atoms with Crippen LogP contribution in [0.4, 0.5) is 5.69 Å². The van der Waals surface area contributed by atoms with E-state index in [-0.39, 0.29) is 5.78 Å².